The van der Waals surface area contributed by atoms with Crippen LogP contribution in [0.15, 0.2) is 42.5 Å². The maximum Gasteiger partial charge on any atom is 0.282 e. The molecule has 0 saturated carbocycles. The van der Waals surface area contributed by atoms with Crippen molar-refractivity contribution in [2.75, 3.05) is 56.2 Å². The maximum atomic E-state index is 12.8. The van der Waals surface area contributed by atoms with Crippen LogP contribution in [-0.4, -0.2) is 57.9 Å². The molecule has 7 heteroatoms. The van der Waals surface area contributed by atoms with Gasteiger partial charge in [0.25, 0.3) is 5.91 Å². The van der Waals surface area contributed by atoms with Crippen LogP contribution in [0.4, 0.5) is 11.4 Å². The summed E-state index contributed by atoms with van der Waals surface area (Å²) in [6, 6.07) is 13.6. The van der Waals surface area contributed by atoms with Gasteiger partial charge in [0.05, 0.1) is 38.5 Å². The standard InChI is InChI=1S/C23H29N3O4/c1-3-28-20-7-5-4-6-19(20)26-12-10-25(11-13-26)17(2)23(27)24-18-8-9-21-22(16-18)30-15-14-29-21/h4-9,16-17H,3,10-15H2,1-2H3,(H,24,27)/p+1/t17-/m1/s1. The number of benzene rings is 2. The van der Waals surface area contributed by atoms with Gasteiger partial charge in [-0.2, -0.15) is 0 Å². The Morgan fingerprint density at radius 1 is 1.13 bits per heavy atom. The van der Waals surface area contributed by atoms with Gasteiger partial charge in [-0.25, -0.2) is 0 Å². The van der Waals surface area contributed by atoms with Crippen molar-refractivity contribution >= 4 is 17.3 Å². The molecule has 1 saturated heterocycles. The summed E-state index contributed by atoms with van der Waals surface area (Å²) in [7, 11) is 0. The zero-order valence-corrected chi connectivity index (χ0v) is 17.6. The number of nitrogens with one attached hydrogen (secondary N) is 2. The first-order chi connectivity index (χ1) is 14.7. The van der Waals surface area contributed by atoms with Gasteiger partial charge >= 0.3 is 0 Å². The molecule has 2 aromatic carbocycles. The number of amides is 1. The zero-order chi connectivity index (χ0) is 20.9. The van der Waals surface area contributed by atoms with E-state index in [9.17, 15) is 4.79 Å². The van der Waals surface area contributed by atoms with E-state index in [1.165, 1.54) is 4.90 Å². The molecule has 0 bridgehead atoms. The Morgan fingerprint density at radius 3 is 2.63 bits per heavy atom. The number of hydrogen-bond donors (Lipinski definition) is 2. The number of hydrogen-bond acceptors (Lipinski definition) is 5. The summed E-state index contributed by atoms with van der Waals surface area (Å²) < 4.78 is 16.9. The Hall–Kier alpha value is -2.93. The summed E-state index contributed by atoms with van der Waals surface area (Å²) in [4.78, 5) is 16.5. The first-order valence-electron chi connectivity index (χ1n) is 10.7. The molecular weight excluding hydrogens is 382 g/mol. The highest BCUT2D eigenvalue weighted by Gasteiger charge is 2.30. The molecule has 1 fully saturated rings. The second-order valence-electron chi connectivity index (χ2n) is 7.62. The van der Waals surface area contributed by atoms with Crippen molar-refractivity contribution < 1.29 is 23.9 Å². The molecule has 0 radical (unpaired) electrons. The van der Waals surface area contributed by atoms with Crippen LogP contribution in [-0.2, 0) is 4.79 Å². The first-order valence-corrected chi connectivity index (χ1v) is 10.7. The maximum absolute atomic E-state index is 12.8. The van der Waals surface area contributed by atoms with Crippen molar-refractivity contribution in [1.29, 1.82) is 0 Å². The SMILES string of the molecule is CCOc1ccccc1N1CC[NH+]([C@H](C)C(=O)Nc2ccc3c(c2)OCCO3)CC1. The molecule has 2 heterocycles. The van der Waals surface area contributed by atoms with Crippen LogP contribution in [0.25, 0.3) is 0 Å². The van der Waals surface area contributed by atoms with Gasteiger partial charge < -0.3 is 29.3 Å². The smallest absolute Gasteiger partial charge is 0.282 e. The van der Waals surface area contributed by atoms with Crippen LogP contribution in [0.3, 0.4) is 0 Å². The highest BCUT2D eigenvalue weighted by atomic mass is 16.6. The van der Waals surface area contributed by atoms with E-state index in [4.69, 9.17) is 14.2 Å². The highest BCUT2D eigenvalue weighted by molar-refractivity contribution is 5.94. The Kier molecular flexibility index (Phi) is 6.28. The molecule has 30 heavy (non-hydrogen) atoms. The van der Waals surface area contributed by atoms with Crippen molar-refractivity contribution in [2.45, 2.75) is 19.9 Å². The number of fused-ring (bicyclic) bond motifs is 1. The molecule has 0 spiro atoms. The molecule has 0 aliphatic carbocycles. The van der Waals surface area contributed by atoms with Crippen LogP contribution in [0.1, 0.15) is 13.8 Å². The molecule has 4 rings (SSSR count). The number of quaternary nitrogens is 1. The van der Waals surface area contributed by atoms with E-state index >= 15 is 0 Å². The molecule has 2 aromatic rings. The van der Waals surface area contributed by atoms with Gasteiger partial charge in [-0.15, -0.1) is 0 Å². The lowest BCUT2D eigenvalue weighted by Crippen LogP contribution is -3.19. The molecule has 0 aromatic heterocycles. The van der Waals surface area contributed by atoms with Crippen LogP contribution < -0.4 is 29.3 Å². The zero-order valence-electron chi connectivity index (χ0n) is 17.6. The fourth-order valence-electron chi connectivity index (χ4n) is 4.02. The molecule has 2 aliphatic rings. The Bertz CT molecular complexity index is 881. The monoisotopic (exact) mass is 412 g/mol. The minimum atomic E-state index is -0.137. The Morgan fingerprint density at radius 2 is 1.87 bits per heavy atom. The fourth-order valence-corrected chi connectivity index (χ4v) is 4.02. The minimum absolute atomic E-state index is 0.0184. The lowest BCUT2D eigenvalue weighted by molar-refractivity contribution is -0.914. The molecule has 1 amide bonds. The van der Waals surface area contributed by atoms with Gasteiger partial charge in [-0.1, -0.05) is 12.1 Å². The van der Waals surface area contributed by atoms with Crippen molar-refractivity contribution in [3.05, 3.63) is 42.5 Å². The lowest BCUT2D eigenvalue weighted by Gasteiger charge is -2.36. The molecule has 160 valence electrons. The first kappa shape index (κ1) is 20.3. The van der Waals surface area contributed by atoms with Gasteiger partial charge in [0.15, 0.2) is 17.5 Å². The van der Waals surface area contributed by atoms with Crippen LogP contribution in [0, 0.1) is 0 Å². The van der Waals surface area contributed by atoms with E-state index in [-0.39, 0.29) is 11.9 Å². The number of ether oxygens (including phenoxy) is 3. The van der Waals surface area contributed by atoms with Crippen molar-refractivity contribution in [1.82, 2.24) is 0 Å². The number of anilines is 2. The predicted octanol–water partition coefficient (Wildman–Crippen LogP) is 1.59. The van der Waals surface area contributed by atoms with Crippen molar-refractivity contribution in [3.8, 4) is 17.2 Å². The number of carbonyl (C=O) groups excluding carboxylic acids is 1. The predicted molar refractivity (Wildman–Crippen MR) is 116 cm³/mol. The topological polar surface area (TPSA) is 64.5 Å². The largest absolute Gasteiger partial charge is 0.492 e. The van der Waals surface area contributed by atoms with Gasteiger partial charge in [-0.05, 0) is 38.1 Å². The van der Waals surface area contributed by atoms with E-state index in [1.807, 2.05) is 50.2 Å². The fraction of sp³-hybridized carbons (Fsp3) is 0.435. The number of carbonyl (C=O) groups is 1. The van der Waals surface area contributed by atoms with Gasteiger partial charge in [-0.3, -0.25) is 4.79 Å². The van der Waals surface area contributed by atoms with E-state index < -0.39 is 0 Å². The summed E-state index contributed by atoms with van der Waals surface area (Å²) in [6.07, 6.45) is 0. The van der Waals surface area contributed by atoms with E-state index in [1.54, 1.807) is 0 Å². The summed E-state index contributed by atoms with van der Waals surface area (Å²) in [5.41, 5.74) is 1.87. The minimum Gasteiger partial charge on any atom is -0.492 e. The van der Waals surface area contributed by atoms with E-state index in [2.05, 4.69) is 16.3 Å². The number of para-hydroxylation sites is 2. The Balaban J connectivity index is 1.34. The molecule has 7 nitrogen and oxygen atoms in total. The molecular formula is C23H30N3O4+. The van der Waals surface area contributed by atoms with Crippen molar-refractivity contribution in [3.63, 3.8) is 0 Å². The molecule has 1 atom stereocenters. The number of rotatable bonds is 6. The van der Waals surface area contributed by atoms with Gasteiger partial charge in [0.2, 0.25) is 0 Å². The third-order valence-corrected chi connectivity index (χ3v) is 5.73. The highest BCUT2D eigenvalue weighted by Crippen LogP contribution is 2.32. The Labute approximate surface area is 177 Å². The van der Waals surface area contributed by atoms with E-state index in [0.717, 1.165) is 49.1 Å². The lowest BCUT2D eigenvalue weighted by atomic mass is 10.1. The molecule has 2 aliphatic heterocycles. The van der Waals surface area contributed by atoms with Gasteiger partial charge in [0, 0.05) is 11.8 Å². The summed E-state index contributed by atoms with van der Waals surface area (Å²) >= 11 is 0. The number of piperazine rings is 1. The second kappa shape index (κ2) is 9.26. The van der Waals surface area contributed by atoms with Crippen LogP contribution in [0.2, 0.25) is 0 Å². The van der Waals surface area contributed by atoms with Gasteiger partial charge in [0.1, 0.15) is 19.0 Å². The third-order valence-electron chi connectivity index (χ3n) is 5.73. The van der Waals surface area contributed by atoms with E-state index in [0.29, 0.717) is 25.6 Å². The van der Waals surface area contributed by atoms with Crippen molar-refractivity contribution in [2.24, 2.45) is 0 Å². The normalized spacial score (nSPS) is 17.3. The third kappa shape index (κ3) is 4.46. The van der Waals surface area contributed by atoms with Crippen LogP contribution >= 0.6 is 0 Å². The quantitative estimate of drug-likeness (QED) is 0.755. The summed E-state index contributed by atoms with van der Waals surface area (Å²) in [5.74, 6) is 2.35. The molecule has 2 N–H and O–H groups in total. The summed E-state index contributed by atoms with van der Waals surface area (Å²) in [5, 5.41) is 3.03. The summed E-state index contributed by atoms with van der Waals surface area (Å²) in [6.45, 7) is 9.31. The second-order valence-corrected chi connectivity index (χ2v) is 7.62. The average Bonchev–Trinajstić information content (AvgIpc) is 2.79. The van der Waals surface area contributed by atoms with Crippen LogP contribution in [0.5, 0.6) is 17.2 Å². The molecule has 0 unspecified atom stereocenters. The average molecular weight is 413 g/mol. The number of nitrogens with zero attached hydrogens (tertiary/aromatic N) is 1.